The fourth-order valence-corrected chi connectivity index (χ4v) is 3.68. The van der Waals surface area contributed by atoms with Crippen molar-refractivity contribution in [2.45, 2.75) is 58.0 Å². The first-order valence-electron chi connectivity index (χ1n) is 8.00. The molecule has 1 aromatic carbocycles. The van der Waals surface area contributed by atoms with Crippen molar-refractivity contribution >= 4 is 11.0 Å². The highest BCUT2D eigenvalue weighted by Gasteiger charge is 2.39. The second-order valence-corrected chi connectivity index (χ2v) is 6.39. The van der Waals surface area contributed by atoms with Crippen LogP contribution in [0, 0.1) is 5.82 Å². The Bertz CT molecular complexity index is 639. The summed E-state index contributed by atoms with van der Waals surface area (Å²) in [7, 11) is 0. The van der Waals surface area contributed by atoms with Crippen molar-refractivity contribution in [2.24, 2.45) is 0 Å². The predicted octanol–water partition coefficient (Wildman–Crippen LogP) is 4.14. The van der Waals surface area contributed by atoms with Gasteiger partial charge in [-0.3, -0.25) is 0 Å². The zero-order chi connectivity index (χ0) is 15.0. The van der Waals surface area contributed by atoms with Gasteiger partial charge in [0.2, 0.25) is 0 Å². The van der Waals surface area contributed by atoms with Crippen molar-refractivity contribution < 1.29 is 4.39 Å². The molecule has 0 bridgehead atoms. The highest BCUT2D eigenvalue weighted by molar-refractivity contribution is 5.76. The van der Waals surface area contributed by atoms with Crippen LogP contribution in [0.15, 0.2) is 18.2 Å². The van der Waals surface area contributed by atoms with E-state index in [1.54, 1.807) is 6.07 Å². The number of hydrogen-bond acceptors (Lipinski definition) is 2. The molecule has 4 heteroatoms. The number of benzene rings is 1. The number of imidazole rings is 1. The van der Waals surface area contributed by atoms with E-state index < -0.39 is 0 Å². The summed E-state index contributed by atoms with van der Waals surface area (Å²) in [5.74, 6) is 0.865. The molecule has 1 aliphatic rings. The summed E-state index contributed by atoms with van der Waals surface area (Å²) in [5.41, 5.74) is 1.75. The third kappa shape index (κ3) is 2.35. The topological polar surface area (TPSA) is 29.9 Å². The molecule has 1 unspecified atom stereocenters. The highest BCUT2D eigenvalue weighted by atomic mass is 19.1. The summed E-state index contributed by atoms with van der Waals surface area (Å²) in [5, 5.41) is 3.68. The second kappa shape index (κ2) is 5.41. The Morgan fingerprint density at radius 3 is 2.86 bits per heavy atom. The molecule has 1 fully saturated rings. The number of rotatable bonds is 4. The Morgan fingerprint density at radius 2 is 2.24 bits per heavy atom. The van der Waals surface area contributed by atoms with E-state index in [1.165, 1.54) is 12.5 Å². The first kappa shape index (κ1) is 14.5. The van der Waals surface area contributed by atoms with Crippen LogP contribution < -0.4 is 5.32 Å². The molecule has 1 N–H and O–H groups in total. The summed E-state index contributed by atoms with van der Waals surface area (Å²) in [6.45, 7) is 7.59. The normalized spacial score (nSPS) is 22.5. The van der Waals surface area contributed by atoms with Gasteiger partial charge in [-0.25, -0.2) is 9.37 Å². The van der Waals surface area contributed by atoms with Gasteiger partial charge in [-0.15, -0.1) is 0 Å². The molecule has 1 atom stereocenters. The summed E-state index contributed by atoms with van der Waals surface area (Å²) in [6, 6.07) is 5.25. The molecule has 1 saturated heterocycles. The summed E-state index contributed by atoms with van der Waals surface area (Å²) in [6.07, 6.45) is 4.48. The molecule has 3 nitrogen and oxygen atoms in total. The largest absolute Gasteiger partial charge is 0.324 e. The molecule has 2 heterocycles. The van der Waals surface area contributed by atoms with Gasteiger partial charge in [-0.05, 0) is 51.8 Å². The quantitative estimate of drug-likeness (QED) is 0.917. The van der Waals surface area contributed by atoms with E-state index in [1.807, 2.05) is 6.07 Å². The minimum atomic E-state index is -0.216. The fraction of sp³-hybridized carbons (Fsp3) is 0.588. The lowest BCUT2D eigenvalue weighted by Crippen LogP contribution is -2.39. The van der Waals surface area contributed by atoms with Crippen LogP contribution in [0.1, 0.15) is 58.3 Å². The minimum absolute atomic E-state index is 0.0471. The lowest BCUT2D eigenvalue weighted by Gasteiger charge is -2.30. The molecular formula is C17H24FN3. The zero-order valence-electron chi connectivity index (χ0n) is 13.1. The van der Waals surface area contributed by atoms with Crippen LogP contribution in [0.5, 0.6) is 0 Å². The molecule has 3 rings (SSSR count). The molecule has 0 spiro atoms. The number of fused-ring (bicyclic) bond motifs is 1. The standard InChI is InChI=1S/C17H24FN3/c1-4-8-17(9-5-10-19-17)16-20-14-11-13(18)6-7-15(14)21(16)12(2)3/h6-7,11-12,19H,4-5,8-10H2,1-3H3. The molecule has 2 aromatic rings. The number of hydrogen-bond donors (Lipinski definition) is 1. The molecule has 0 radical (unpaired) electrons. The van der Waals surface area contributed by atoms with E-state index >= 15 is 0 Å². The second-order valence-electron chi connectivity index (χ2n) is 6.39. The first-order valence-corrected chi connectivity index (χ1v) is 8.00. The number of aromatic nitrogens is 2. The fourth-order valence-electron chi connectivity index (χ4n) is 3.68. The molecule has 0 saturated carbocycles. The van der Waals surface area contributed by atoms with E-state index in [-0.39, 0.29) is 11.4 Å². The monoisotopic (exact) mass is 289 g/mol. The predicted molar refractivity (Wildman–Crippen MR) is 83.9 cm³/mol. The van der Waals surface area contributed by atoms with E-state index in [0.29, 0.717) is 6.04 Å². The third-order valence-electron chi connectivity index (χ3n) is 4.52. The molecule has 1 aromatic heterocycles. The van der Waals surface area contributed by atoms with Gasteiger partial charge in [0.15, 0.2) is 0 Å². The number of nitrogens with zero attached hydrogens (tertiary/aromatic N) is 2. The lowest BCUT2D eigenvalue weighted by molar-refractivity contribution is 0.316. The summed E-state index contributed by atoms with van der Waals surface area (Å²) < 4.78 is 15.8. The average molecular weight is 289 g/mol. The van der Waals surface area contributed by atoms with Crippen LogP contribution in [-0.4, -0.2) is 16.1 Å². The van der Waals surface area contributed by atoms with Crippen molar-refractivity contribution in [3.05, 3.63) is 29.8 Å². The van der Waals surface area contributed by atoms with Gasteiger partial charge < -0.3 is 9.88 Å². The average Bonchev–Trinajstić information content (AvgIpc) is 3.03. The van der Waals surface area contributed by atoms with Crippen LogP contribution in [-0.2, 0) is 5.54 Å². The Labute approximate surface area is 125 Å². The Kier molecular flexibility index (Phi) is 3.74. The van der Waals surface area contributed by atoms with Gasteiger partial charge in [-0.2, -0.15) is 0 Å². The van der Waals surface area contributed by atoms with Crippen molar-refractivity contribution in [1.29, 1.82) is 0 Å². The number of nitrogens with one attached hydrogen (secondary N) is 1. The molecule has 1 aliphatic heterocycles. The molecule has 0 aliphatic carbocycles. The molecule has 21 heavy (non-hydrogen) atoms. The van der Waals surface area contributed by atoms with Gasteiger partial charge in [-0.1, -0.05) is 13.3 Å². The van der Waals surface area contributed by atoms with Gasteiger partial charge >= 0.3 is 0 Å². The van der Waals surface area contributed by atoms with E-state index in [2.05, 4.69) is 30.7 Å². The minimum Gasteiger partial charge on any atom is -0.324 e. The highest BCUT2D eigenvalue weighted by Crippen LogP contribution is 2.37. The van der Waals surface area contributed by atoms with Crippen LogP contribution in [0.2, 0.25) is 0 Å². The Balaban J connectivity index is 2.23. The van der Waals surface area contributed by atoms with Gasteiger partial charge in [0, 0.05) is 12.1 Å². The van der Waals surface area contributed by atoms with Crippen LogP contribution in [0.3, 0.4) is 0 Å². The van der Waals surface area contributed by atoms with E-state index in [9.17, 15) is 4.39 Å². The lowest BCUT2D eigenvalue weighted by atomic mass is 9.90. The summed E-state index contributed by atoms with van der Waals surface area (Å²) in [4.78, 5) is 4.83. The Hall–Kier alpha value is -1.42. The maximum absolute atomic E-state index is 13.5. The molecular weight excluding hydrogens is 265 g/mol. The van der Waals surface area contributed by atoms with Crippen LogP contribution in [0.25, 0.3) is 11.0 Å². The number of halogens is 1. The van der Waals surface area contributed by atoms with Crippen LogP contribution in [0.4, 0.5) is 4.39 Å². The van der Waals surface area contributed by atoms with E-state index in [0.717, 1.165) is 42.7 Å². The Morgan fingerprint density at radius 1 is 1.43 bits per heavy atom. The van der Waals surface area contributed by atoms with Gasteiger partial charge in [0.05, 0.1) is 16.6 Å². The van der Waals surface area contributed by atoms with Crippen molar-refractivity contribution in [3.8, 4) is 0 Å². The van der Waals surface area contributed by atoms with Gasteiger partial charge in [0.1, 0.15) is 11.6 Å². The molecule has 0 amide bonds. The summed E-state index contributed by atoms with van der Waals surface area (Å²) >= 11 is 0. The van der Waals surface area contributed by atoms with Crippen molar-refractivity contribution in [2.75, 3.05) is 6.54 Å². The zero-order valence-corrected chi connectivity index (χ0v) is 13.1. The molecule has 114 valence electrons. The van der Waals surface area contributed by atoms with Gasteiger partial charge in [0.25, 0.3) is 0 Å². The third-order valence-corrected chi connectivity index (χ3v) is 4.52. The van der Waals surface area contributed by atoms with Crippen molar-refractivity contribution in [1.82, 2.24) is 14.9 Å². The first-order chi connectivity index (χ1) is 10.1. The van der Waals surface area contributed by atoms with Crippen molar-refractivity contribution in [3.63, 3.8) is 0 Å². The maximum Gasteiger partial charge on any atom is 0.130 e. The van der Waals surface area contributed by atoms with E-state index in [4.69, 9.17) is 4.98 Å². The smallest absolute Gasteiger partial charge is 0.130 e. The maximum atomic E-state index is 13.5. The van der Waals surface area contributed by atoms with Crippen LogP contribution >= 0.6 is 0 Å². The SMILES string of the molecule is CCCC1(c2nc3cc(F)ccc3n2C(C)C)CCCN1.